The lowest BCUT2D eigenvalue weighted by atomic mass is 10.0. The Morgan fingerprint density at radius 2 is 1.93 bits per heavy atom. The van der Waals surface area contributed by atoms with Crippen LogP contribution in [-0.4, -0.2) is 81.1 Å². The normalized spacial score (nSPS) is 17.3. The molecule has 5 heterocycles. The molecule has 0 spiro atoms. The number of hydrogen-bond donors (Lipinski definition) is 2. The second-order valence-electron chi connectivity index (χ2n) is 11.2. The van der Waals surface area contributed by atoms with Gasteiger partial charge in [0, 0.05) is 37.4 Å². The van der Waals surface area contributed by atoms with Crippen molar-refractivity contribution in [2.75, 3.05) is 37.6 Å². The smallest absolute Gasteiger partial charge is 0.251 e. The van der Waals surface area contributed by atoms with Crippen LogP contribution in [0.3, 0.4) is 0 Å². The van der Waals surface area contributed by atoms with Crippen molar-refractivity contribution in [3.8, 4) is 21.8 Å². The number of amides is 2. The lowest BCUT2D eigenvalue weighted by Gasteiger charge is -2.41. The summed E-state index contributed by atoms with van der Waals surface area (Å²) in [6.45, 7) is 10.2. The molecule has 0 aromatic carbocycles. The first-order chi connectivity index (χ1) is 20.4. The van der Waals surface area contributed by atoms with E-state index in [9.17, 15) is 9.59 Å². The molecule has 2 amide bonds. The Morgan fingerprint density at radius 3 is 2.62 bits per heavy atom. The molecular formula is C31H38N8O2S. The number of anilines is 1. The number of hydrogen-bond acceptors (Lipinski definition) is 8. The Kier molecular flexibility index (Phi) is 8.21. The summed E-state index contributed by atoms with van der Waals surface area (Å²) in [7, 11) is 0. The first-order valence-electron chi connectivity index (χ1n) is 14.9. The van der Waals surface area contributed by atoms with Crippen LogP contribution in [0.2, 0.25) is 0 Å². The first-order valence-corrected chi connectivity index (χ1v) is 15.8. The lowest BCUT2D eigenvalue weighted by Crippen LogP contribution is -2.57. The Balaban J connectivity index is 1.33. The standard InChI is InChI=1S/C31H38N8O2S/c1-4-37(5-2)20(3)17-32-30(40)22-15-25(23-19-34-39-13-10-24(36-29(23)39)27-7-6-14-42-27)35-28(16-22)38-12-11-26(38)31(41)33-18-21-8-9-21/h6-7,10,13-16,19-21,26H,4-5,8-9,11-12,17-18H2,1-3H3,(H,32,40)(H,33,41). The van der Waals surface area contributed by atoms with Crippen molar-refractivity contribution in [3.05, 3.63) is 53.7 Å². The molecule has 2 unspecified atom stereocenters. The third-order valence-electron chi connectivity index (χ3n) is 8.36. The van der Waals surface area contributed by atoms with E-state index < -0.39 is 0 Å². The van der Waals surface area contributed by atoms with Gasteiger partial charge in [-0.25, -0.2) is 14.5 Å². The highest BCUT2D eigenvalue weighted by atomic mass is 32.1. The van der Waals surface area contributed by atoms with Crippen molar-refractivity contribution in [1.82, 2.24) is 35.1 Å². The zero-order valence-corrected chi connectivity index (χ0v) is 25.2. The van der Waals surface area contributed by atoms with Gasteiger partial charge in [-0.15, -0.1) is 11.3 Å². The summed E-state index contributed by atoms with van der Waals surface area (Å²) in [5.41, 5.74) is 3.35. The number of pyridine rings is 1. The maximum Gasteiger partial charge on any atom is 0.251 e. The predicted octanol–water partition coefficient (Wildman–Crippen LogP) is 4.08. The summed E-state index contributed by atoms with van der Waals surface area (Å²) < 4.78 is 1.73. The van der Waals surface area contributed by atoms with Crippen LogP contribution in [0.5, 0.6) is 0 Å². The first kappa shape index (κ1) is 28.3. The molecule has 1 saturated carbocycles. The van der Waals surface area contributed by atoms with Crippen LogP contribution in [0.15, 0.2) is 48.1 Å². The van der Waals surface area contributed by atoms with E-state index in [4.69, 9.17) is 9.97 Å². The minimum absolute atomic E-state index is 0.0256. The van der Waals surface area contributed by atoms with Gasteiger partial charge in [-0.05, 0) is 74.8 Å². The summed E-state index contributed by atoms with van der Waals surface area (Å²) in [4.78, 5) is 41.8. The fraction of sp³-hybridized carbons (Fsp3) is 0.452. The van der Waals surface area contributed by atoms with Crippen LogP contribution < -0.4 is 15.5 Å². The van der Waals surface area contributed by atoms with Crippen molar-refractivity contribution < 1.29 is 9.59 Å². The number of nitrogens with zero attached hydrogens (tertiary/aromatic N) is 6. The molecular weight excluding hydrogens is 548 g/mol. The van der Waals surface area contributed by atoms with Gasteiger partial charge in [-0.2, -0.15) is 5.10 Å². The van der Waals surface area contributed by atoms with Gasteiger partial charge in [-0.1, -0.05) is 19.9 Å². The second-order valence-corrected chi connectivity index (χ2v) is 12.1. The van der Waals surface area contributed by atoms with Gasteiger partial charge in [0.2, 0.25) is 5.91 Å². The molecule has 1 aliphatic carbocycles. The number of rotatable bonds is 12. The van der Waals surface area contributed by atoms with E-state index in [1.54, 1.807) is 34.2 Å². The molecule has 2 fully saturated rings. The maximum absolute atomic E-state index is 13.5. The molecule has 6 rings (SSSR count). The molecule has 2 atom stereocenters. The molecule has 0 radical (unpaired) electrons. The van der Waals surface area contributed by atoms with E-state index in [-0.39, 0.29) is 23.9 Å². The van der Waals surface area contributed by atoms with Gasteiger partial charge < -0.3 is 15.5 Å². The average Bonchev–Trinajstić information content (AvgIpc) is 3.46. The summed E-state index contributed by atoms with van der Waals surface area (Å²) >= 11 is 1.63. The molecule has 4 aromatic heterocycles. The fourth-order valence-corrected chi connectivity index (χ4v) is 6.18. The fourth-order valence-electron chi connectivity index (χ4n) is 5.48. The molecule has 0 bridgehead atoms. The number of thiophene rings is 1. The van der Waals surface area contributed by atoms with Gasteiger partial charge in [0.1, 0.15) is 11.9 Å². The van der Waals surface area contributed by atoms with E-state index in [0.29, 0.717) is 41.7 Å². The topological polar surface area (TPSA) is 108 Å². The van der Waals surface area contributed by atoms with Crippen molar-refractivity contribution in [2.45, 2.75) is 52.1 Å². The van der Waals surface area contributed by atoms with Crippen LogP contribution in [0, 0.1) is 5.92 Å². The van der Waals surface area contributed by atoms with Gasteiger partial charge in [0.25, 0.3) is 5.91 Å². The number of carbonyl (C=O) groups is 2. The van der Waals surface area contributed by atoms with E-state index in [2.05, 4.69) is 41.4 Å². The Hall–Kier alpha value is -3.83. The van der Waals surface area contributed by atoms with Crippen LogP contribution in [-0.2, 0) is 4.79 Å². The largest absolute Gasteiger partial charge is 0.354 e. The highest BCUT2D eigenvalue weighted by Gasteiger charge is 2.36. The number of carbonyl (C=O) groups excluding carboxylic acids is 2. The summed E-state index contributed by atoms with van der Waals surface area (Å²) in [5, 5.41) is 12.8. The van der Waals surface area contributed by atoms with Gasteiger partial charge in [0.15, 0.2) is 5.65 Å². The van der Waals surface area contributed by atoms with Crippen molar-refractivity contribution in [2.24, 2.45) is 5.92 Å². The number of nitrogens with one attached hydrogen (secondary N) is 2. The molecule has 11 heteroatoms. The minimum atomic E-state index is -0.294. The Labute approximate surface area is 250 Å². The van der Waals surface area contributed by atoms with Crippen molar-refractivity contribution in [1.29, 1.82) is 0 Å². The molecule has 42 heavy (non-hydrogen) atoms. The molecule has 2 aliphatic rings. The molecule has 220 valence electrons. The molecule has 10 nitrogen and oxygen atoms in total. The zero-order valence-electron chi connectivity index (χ0n) is 24.4. The average molecular weight is 587 g/mol. The number of likely N-dealkylation sites (N-methyl/N-ethyl adjacent to an activating group) is 1. The number of fused-ring (bicyclic) bond motifs is 1. The monoisotopic (exact) mass is 586 g/mol. The molecule has 4 aromatic rings. The summed E-state index contributed by atoms with van der Waals surface area (Å²) in [6.07, 6.45) is 6.76. The van der Waals surface area contributed by atoms with E-state index in [0.717, 1.165) is 42.2 Å². The third-order valence-corrected chi connectivity index (χ3v) is 9.26. The van der Waals surface area contributed by atoms with Crippen molar-refractivity contribution >= 4 is 34.6 Å². The highest BCUT2D eigenvalue weighted by molar-refractivity contribution is 7.13. The second kappa shape index (κ2) is 12.2. The zero-order chi connectivity index (χ0) is 29.2. The quantitative estimate of drug-likeness (QED) is 0.258. The molecule has 2 N–H and O–H groups in total. The van der Waals surface area contributed by atoms with E-state index in [1.165, 1.54) is 12.8 Å². The number of aromatic nitrogens is 4. The van der Waals surface area contributed by atoms with E-state index >= 15 is 0 Å². The SMILES string of the molecule is CCN(CC)C(C)CNC(=O)c1cc(-c2cnn3ccc(-c4cccs4)nc23)nc(N2CCC2C(=O)NCC2CC2)c1. The summed E-state index contributed by atoms with van der Waals surface area (Å²) in [6, 6.07) is 9.51. The van der Waals surface area contributed by atoms with Crippen LogP contribution in [0.25, 0.3) is 27.5 Å². The van der Waals surface area contributed by atoms with Crippen LogP contribution in [0.1, 0.15) is 50.4 Å². The maximum atomic E-state index is 13.5. The molecule has 1 aliphatic heterocycles. The van der Waals surface area contributed by atoms with Gasteiger partial charge in [0.05, 0.1) is 28.0 Å². The Bertz CT molecular complexity index is 1560. The van der Waals surface area contributed by atoms with Gasteiger partial charge >= 0.3 is 0 Å². The van der Waals surface area contributed by atoms with Crippen molar-refractivity contribution in [3.63, 3.8) is 0 Å². The summed E-state index contributed by atoms with van der Waals surface area (Å²) in [5.74, 6) is 1.08. The van der Waals surface area contributed by atoms with Crippen LogP contribution >= 0.6 is 11.3 Å². The van der Waals surface area contributed by atoms with E-state index in [1.807, 2.05) is 34.7 Å². The van der Waals surface area contributed by atoms with Crippen LogP contribution in [0.4, 0.5) is 5.82 Å². The lowest BCUT2D eigenvalue weighted by molar-refractivity contribution is -0.123. The third kappa shape index (κ3) is 5.89. The predicted molar refractivity (Wildman–Crippen MR) is 166 cm³/mol. The van der Waals surface area contributed by atoms with Gasteiger partial charge in [-0.3, -0.25) is 14.5 Å². The molecule has 1 saturated heterocycles. The highest BCUT2D eigenvalue weighted by Crippen LogP contribution is 2.32. The Morgan fingerprint density at radius 1 is 1.10 bits per heavy atom. The minimum Gasteiger partial charge on any atom is -0.354 e.